The molecular formula is C26H25ClN4O2. The minimum atomic E-state index is -0.104. The molecule has 1 fully saturated rings. The molecule has 0 spiro atoms. The molecule has 5 rings (SSSR count). The van der Waals surface area contributed by atoms with E-state index in [4.69, 9.17) is 20.8 Å². The average molecular weight is 461 g/mol. The molecule has 1 aliphatic heterocycles. The molecule has 1 aromatic heterocycles. The maximum absolute atomic E-state index is 6.18. The molecule has 7 heteroatoms. The van der Waals surface area contributed by atoms with E-state index in [1.807, 2.05) is 54.6 Å². The van der Waals surface area contributed by atoms with Crippen molar-refractivity contribution in [3.05, 3.63) is 95.3 Å². The summed E-state index contributed by atoms with van der Waals surface area (Å²) >= 11 is 6.03. The fraction of sp³-hybridized carbons (Fsp3) is 0.231. The van der Waals surface area contributed by atoms with E-state index in [9.17, 15) is 0 Å². The summed E-state index contributed by atoms with van der Waals surface area (Å²) in [7, 11) is 1.70. The van der Waals surface area contributed by atoms with Gasteiger partial charge in [0, 0.05) is 48.5 Å². The lowest BCUT2D eigenvalue weighted by Gasteiger charge is -2.39. The predicted molar refractivity (Wildman–Crippen MR) is 130 cm³/mol. The van der Waals surface area contributed by atoms with Gasteiger partial charge in [-0.3, -0.25) is 4.90 Å². The summed E-state index contributed by atoms with van der Waals surface area (Å²) in [6.07, 6.45) is 0. The number of aromatic nitrogens is 2. The number of methoxy groups -OCH3 is 1. The highest BCUT2D eigenvalue weighted by molar-refractivity contribution is 6.30. The first kappa shape index (κ1) is 21.5. The Morgan fingerprint density at radius 3 is 2.36 bits per heavy atom. The van der Waals surface area contributed by atoms with Crippen LogP contribution in [0.3, 0.4) is 0 Å². The molecular weight excluding hydrogens is 436 g/mol. The molecule has 0 radical (unpaired) electrons. The van der Waals surface area contributed by atoms with Gasteiger partial charge in [-0.1, -0.05) is 48.0 Å². The maximum Gasteiger partial charge on any atom is 0.247 e. The van der Waals surface area contributed by atoms with Crippen molar-refractivity contribution >= 4 is 17.3 Å². The van der Waals surface area contributed by atoms with Gasteiger partial charge in [0.1, 0.15) is 11.8 Å². The van der Waals surface area contributed by atoms with Crippen LogP contribution in [0.5, 0.6) is 5.75 Å². The third-order valence-corrected chi connectivity index (χ3v) is 6.23. The van der Waals surface area contributed by atoms with Gasteiger partial charge < -0.3 is 14.1 Å². The van der Waals surface area contributed by atoms with Gasteiger partial charge in [-0.2, -0.15) is 0 Å². The fourth-order valence-corrected chi connectivity index (χ4v) is 4.37. The number of benzene rings is 3. The summed E-state index contributed by atoms with van der Waals surface area (Å²) in [4.78, 5) is 4.79. The van der Waals surface area contributed by atoms with E-state index in [2.05, 4.69) is 44.3 Å². The number of rotatable bonds is 6. The van der Waals surface area contributed by atoms with Crippen LogP contribution in [0, 0.1) is 0 Å². The third kappa shape index (κ3) is 4.72. The van der Waals surface area contributed by atoms with Crippen LogP contribution in [-0.4, -0.2) is 48.4 Å². The topological polar surface area (TPSA) is 54.6 Å². The predicted octanol–water partition coefficient (Wildman–Crippen LogP) is 5.31. The largest absolute Gasteiger partial charge is 0.497 e. The maximum atomic E-state index is 6.18. The van der Waals surface area contributed by atoms with Gasteiger partial charge in [0.05, 0.1) is 7.11 Å². The zero-order valence-corrected chi connectivity index (χ0v) is 19.2. The first-order valence-corrected chi connectivity index (χ1v) is 11.4. The smallest absolute Gasteiger partial charge is 0.247 e. The van der Waals surface area contributed by atoms with E-state index in [1.54, 1.807) is 7.11 Å². The van der Waals surface area contributed by atoms with Crippen LogP contribution < -0.4 is 9.64 Å². The molecule has 0 unspecified atom stereocenters. The Hall–Kier alpha value is -3.35. The van der Waals surface area contributed by atoms with Crippen molar-refractivity contribution in [2.75, 3.05) is 38.2 Å². The zero-order valence-electron chi connectivity index (χ0n) is 18.4. The second-order valence-electron chi connectivity index (χ2n) is 7.99. The van der Waals surface area contributed by atoms with Crippen LogP contribution in [-0.2, 0) is 0 Å². The van der Waals surface area contributed by atoms with E-state index in [0.717, 1.165) is 43.1 Å². The molecule has 4 aromatic rings. The van der Waals surface area contributed by atoms with Gasteiger partial charge >= 0.3 is 0 Å². The summed E-state index contributed by atoms with van der Waals surface area (Å²) < 4.78 is 11.6. The monoisotopic (exact) mass is 460 g/mol. The standard InChI is InChI=1S/C26H25ClN4O2/c1-32-23-9-5-8-22(18-23)30-14-16-31(17-15-30)24(19-6-3-2-4-7-19)26-29-28-25(33-26)20-10-12-21(27)13-11-20/h2-13,18,24H,14-17H2,1H3/t24-/m0/s1. The summed E-state index contributed by atoms with van der Waals surface area (Å²) in [5.74, 6) is 1.97. The molecule has 0 bridgehead atoms. The fourth-order valence-electron chi connectivity index (χ4n) is 4.24. The summed E-state index contributed by atoms with van der Waals surface area (Å²) in [6.45, 7) is 3.54. The molecule has 0 N–H and O–H groups in total. The lowest BCUT2D eigenvalue weighted by Crippen LogP contribution is -2.48. The number of anilines is 1. The van der Waals surface area contributed by atoms with Crippen molar-refractivity contribution in [2.24, 2.45) is 0 Å². The van der Waals surface area contributed by atoms with Gasteiger partial charge in [0.25, 0.3) is 0 Å². The normalized spacial score (nSPS) is 15.4. The van der Waals surface area contributed by atoms with Crippen LogP contribution in [0.1, 0.15) is 17.5 Å². The number of hydrogen-bond acceptors (Lipinski definition) is 6. The Labute approximate surface area is 198 Å². The second kappa shape index (κ2) is 9.65. The molecule has 33 heavy (non-hydrogen) atoms. The van der Waals surface area contributed by atoms with Crippen molar-refractivity contribution in [1.82, 2.24) is 15.1 Å². The molecule has 0 saturated carbocycles. The van der Waals surface area contributed by atoms with Crippen LogP contribution >= 0.6 is 11.6 Å². The van der Waals surface area contributed by atoms with Crippen molar-refractivity contribution in [3.63, 3.8) is 0 Å². The van der Waals surface area contributed by atoms with Crippen molar-refractivity contribution in [3.8, 4) is 17.2 Å². The molecule has 0 amide bonds. The first-order chi connectivity index (χ1) is 16.2. The van der Waals surface area contributed by atoms with Gasteiger partial charge in [-0.15, -0.1) is 10.2 Å². The Morgan fingerprint density at radius 2 is 1.64 bits per heavy atom. The molecule has 3 aromatic carbocycles. The minimum absolute atomic E-state index is 0.104. The van der Waals surface area contributed by atoms with Gasteiger partial charge in [0.15, 0.2) is 0 Å². The van der Waals surface area contributed by atoms with Crippen molar-refractivity contribution in [2.45, 2.75) is 6.04 Å². The van der Waals surface area contributed by atoms with E-state index in [-0.39, 0.29) is 6.04 Å². The molecule has 1 saturated heterocycles. The second-order valence-corrected chi connectivity index (χ2v) is 8.43. The van der Waals surface area contributed by atoms with Crippen molar-refractivity contribution < 1.29 is 9.15 Å². The average Bonchev–Trinajstić information content (AvgIpc) is 3.35. The number of nitrogens with zero attached hydrogens (tertiary/aromatic N) is 4. The number of halogens is 1. The SMILES string of the molecule is COc1cccc(N2CCN([C@@H](c3ccccc3)c3nnc(-c4ccc(Cl)cc4)o3)CC2)c1. The third-order valence-electron chi connectivity index (χ3n) is 5.98. The van der Waals surface area contributed by atoms with E-state index >= 15 is 0 Å². The van der Waals surface area contributed by atoms with Crippen LogP contribution in [0.25, 0.3) is 11.5 Å². The molecule has 1 atom stereocenters. The number of ether oxygens (including phenoxy) is 1. The number of hydrogen-bond donors (Lipinski definition) is 0. The Kier molecular flexibility index (Phi) is 6.28. The minimum Gasteiger partial charge on any atom is -0.497 e. The van der Waals surface area contributed by atoms with Gasteiger partial charge in [0.2, 0.25) is 11.8 Å². The van der Waals surface area contributed by atoms with Crippen LogP contribution in [0.2, 0.25) is 5.02 Å². The summed E-state index contributed by atoms with van der Waals surface area (Å²) in [5, 5.41) is 9.45. The van der Waals surface area contributed by atoms with Crippen LogP contribution in [0.15, 0.2) is 83.3 Å². The molecule has 168 valence electrons. The quantitative estimate of drug-likeness (QED) is 0.388. The highest BCUT2D eigenvalue weighted by Gasteiger charge is 2.30. The first-order valence-electron chi connectivity index (χ1n) is 11.0. The van der Waals surface area contributed by atoms with E-state index in [0.29, 0.717) is 16.8 Å². The van der Waals surface area contributed by atoms with Crippen LogP contribution in [0.4, 0.5) is 5.69 Å². The van der Waals surface area contributed by atoms with Crippen molar-refractivity contribution in [1.29, 1.82) is 0 Å². The lowest BCUT2D eigenvalue weighted by molar-refractivity contribution is 0.188. The van der Waals surface area contributed by atoms with E-state index in [1.165, 1.54) is 5.69 Å². The van der Waals surface area contributed by atoms with Gasteiger partial charge in [-0.25, -0.2) is 0 Å². The highest BCUT2D eigenvalue weighted by Crippen LogP contribution is 2.32. The number of piperazine rings is 1. The molecule has 6 nitrogen and oxygen atoms in total. The van der Waals surface area contributed by atoms with E-state index < -0.39 is 0 Å². The summed E-state index contributed by atoms with van der Waals surface area (Å²) in [6, 6.07) is 25.9. The van der Waals surface area contributed by atoms with Gasteiger partial charge in [-0.05, 0) is 42.0 Å². The molecule has 0 aliphatic carbocycles. The molecule has 2 heterocycles. The Bertz CT molecular complexity index is 1190. The Balaban J connectivity index is 1.39. The summed E-state index contributed by atoms with van der Waals surface area (Å²) in [5.41, 5.74) is 3.17. The highest BCUT2D eigenvalue weighted by atomic mass is 35.5. The Morgan fingerprint density at radius 1 is 0.879 bits per heavy atom. The molecule has 1 aliphatic rings. The lowest BCUT2D eigenvalue weighted by atomic mass is 10.0. The zero-order chi connectivity index (χ0) is 22.6.